The fourth-order valence-corrected chi connectivity index (χ4v) is 4.93. The van der Waals surface area contributed by atoms with Crippen LogP contribution in [-0.4, -0.2) is 11.5 Å². The lowest BCUT2D eigenvalue weighted by Crippen LogP contribution is -1.99. The summed E-state index contributed by atoms with van der Waals surface area (Å²) in [4.78, 5) is 14.5. The molecule has 0 N–H and O–H groups in total. The first-order valence-electron chi connectivity index (χ1n) is 5.56. The summed E-state index contributed by atoms with van der Waals surface area (Å²) in [5.41, 5.74) is 2.53. The first kappa shape index (κ1) is 11.5. The average molecular weight is 280 g/mol. The van der Waals surface area contributed by atoms with Crippen LogP contribution in [0.15, 0.2) is 22.9 Å². The normalized spacial score (nSPS) is 14.6. The number of carbonyl (C=O) groups is 1. The van der Waals surface area contributed by atoms with Crippen molar-refractivity contribution in [1.29, 1.82) is 0 Å². The fraction of sp³-hybridized carbons (Fsp3) is 0.308. The number of ketones is 1. The Kier molecular flexibility index (Phi) is 3.36. The number of thioether (sulfide) groups is 1. The predicted molar refractivity (Wildman–Crippen MR) is 76.5 cm³/mol. The Morgan fingerprint density at radius 1 is 1.41 bits per heavy atom. The van der Waals surface area contributed by atoms with Gasteiger partial charge in [0.1, 0.15) is 0 Å². The maximum atomic E-state index is 12.1. The molecule has 0 radical (unpaired) electrons. The molecule has 0 amide bonds. The third kappa shape index (κ3) is 2.49. The highest BCUT2D eigenvalue weighted by molar-refractivity contribution is 7.98. The summed E-state index contributed by atoms with van der Waals surface area (Å²) in [6, 6.07) is 4.15. The molecule has 3 heterocycles. The largest absolute Gasteiger partial charge is 0.293 e. The van der Waals surface area contributed by atoms with Crippen molar-refractivity contribution in [3.63, 3.8) is 0 Å². The van der Waals surface area contributed by atoms with E-state index in [9.17, 15) is 4.79 Å². The second kappa shape index (κ2) is 4.96. The Morgan fingerprint density at radius 2 is 2.35 bits per heavy atom. The van der Waals surface area contributed by atoms with Gasteiger partial charge in [0.2, 0.25) is 0 Å². The zero-order chi connectivity index (χ0) is 11.7. The smallest absolute Gasteiger partial charge is 0.177 e. The Balaban J connectivity index is 1.79. The van der Waals surface area contributed by atoms with E-state index in [2.05, 4.69) is 11.4 Å². The summed E-state index contributed by atoms with van der Waals surface area (Å²) in [6.07, 6.45) is 1.69. The van der Waals surface area contributed by atoms with Crippen LogP contribution >= 0.6 is 34.4 Å². The minimum absolute atomic E-state index is 0.271. The first-order valence-corrected chi connectivity index (χ1v) is 8.48. The molecule has 0 saturated heterocycles. The monoisotopic (exact) mass is 280 g/mol. The number of Topliss-reactive ketones (excluding diaryl/α,β-unsaturated/α-hetero) is 1. The van der Waals surface area contributed by atoms with Crippen molar-refractivity contribution in [2.45, 2.75) is 18.6 Å². The third-order valence-corrected chi connectivity index (χ3v) is 5.87. The highest BCUT2D eigenvalue weighted by atomic mass is 32.2. The number of aryl methyl sites for hydroxylation is 1. The van der Waals surface area contributed by atoms with Gasteiger partial charge in [-0.25, -0.2) is 0 Å². The van der Waals surface area contributed by atoms with Crippen LogP contribution < -0.4 is 0 Å². The Labute approximate surface area is 113 Å². The molecule has 0 spiro atoms. The molecule has 4 heteroatoms. The Bertz CT molecular complexity index is 501. The molecule has 2 aromatic rings. The van der Waals surface area contributed by atoms with Crippen molar-refractivity contribution < 1.29 is 4.79 Å². The molecule has 0 saturated carbocycles. The van der Waals surface area contributed by atoms with Crippen LogP contribution in [0.25, 0.3) is 0 Å². The topological polar surface area (TPSA) is 17.1 Å². The van der Waals surface area contributed by atoms with Gasteiger partial charge in [-0.3, -0.25) is 4.79 Å². The lowest BCUT2D eigenvalue weighted by Gasteiger charge is -2.08. The number of fused-ring (bicyclic) bond motifs is 1. The van der Waals surface area contributed by atoms with E-state index in [1.54, 1.807) is 22.7 Å². The van der Waals surface area contributed by atoms with Crippen LogP contribution in [0.4, 0.5) is 0 Å². The summed E-state index contributed by atoms with van der Waals surface area (Å²) in [5.74, 6) is 2.55. The Hall–Kier alpha value is -0.580. The molecule has 0 atom stereocenters. The van der Waals surface area contributed by atoms with Crippen LogP contribution in [0.1, 0.15) is 25.7 Å². The van der Waals surface area contributed by atoms with E-state index in [4.69, 9.17) is 0 Å². The lowest BCUT2D eigenvalue weighted by molar-refractivity contribution is 0.0997. The average Bonchev–Trinajstić information content (AvgIpc) is 2.96. The summed E-state index contributed by atoms with van der Waals surface area (Å²) in [7, 11) is 0. The van der Waals surface area contributed by atoms with Crippen molar-refractivity contribution in [2.75, 3.05) is 5.75 Å². The van der Waals surface area contributed by atoms with E-state index < -0.39 is 0 Å². The quantitative estimate of drug-likeness (QED) is 0.790. The van der Waals surface area contributed by atoms with Gasteiger partial charge in [-0.15, -0.1) is 11.3 Å². The molecule has 0 aromatic carbocycles. The molecule has 1 nitrogen and oxygen atoms in total. The molecule has 3 rings (SSSR count). The fourth-order valence-electron chi connectivity index (χ4n) is 1.95. The van der Waals surface area contributed by atoms with Crippen molar-refractivity contribution in [2.24, 2.45) is 0 Å². The summed E-state index contributed by atoms with van der Waals surface area (Å²) in [6.45, 7) is 0. The van der Waals surface area contributed by atoms with Crippen molar-refractivity contribution >= 4 is 40.2 Å². The van der Waals surface area contributed by atoms with Crippen molar-refractivity contribution in [3.8, 4) is 0 Å². The van der Waals surface area contributed by atoms with E-state index in [1.807, 2.05) is 23.2 Å². The van der Waals surface area contributed by atoms with Gasteiger partial charge in [-0.05, 0) is 46.2 Å². The number of hydrogen-bond donors (Lipinski definition) is 0. The van der Waals surface area contributed by atoms with Gasteiger partial charge in [0.15, 0.2) is 5.78 Å². The highest BCUT2D eigenvalue weighted by Gasteiger charge is 2.17. The van der Waals surface area contributed by atoms with E-state index in [0.717, 1.165) is 22.6 Å². The van der Waals surface area contributed by atoms with Crippen LogP contribution in [-0.2, 0) is 18.6 Å². The molecule has 2 aromatic heterocycles. The summed E-state index contributed by atoms with van der Waals surface area (Å²) < 4.78 is 0. The Morgan fingerprint density at radius 3 is 3.12 bits per heavy atom. The molecule has 88 valence electrons. The SMILES string of the molecule is O=C(Cc1ccsc1)c1cc2c(s1)CCSC2. The van der Waals surface area contributed by atoms with Gasteiger partial charge in [0, 0.05) is 17.1 Å². The van der Waals surface area contributed by atoms with E-state index >= 15 is 0 Å². The van der Waals surface area contributed by atoms with Crippen LogP contribution in [0.2, 0.25) is 0 Å². The van der Waals surface area contributed by atoms with Crippen LogP contribution in [0.3, 0.4) is 0 Å². The maximum Gasteiger partial charge on any atom is 0.177 e. The minimum Gasteiger partial charge on any atom is -0.293 e. The minimum atomic E-state index is 0.271. The second-order valence-corrected chi connectivity index (χ2v) is 7.12. The lowest BCUT2D eigenvalue weighted by atomic mass is 10.1. The number of hydrogen-bond acceptors (Lipinski definition) is 4. The standard InChI is InChI=1S/C13H12OS3/c14-11(5-9-1-3-15-7-9)13-6-10-8-16-4-2-12(10)17-13/h1,3,6-7H,2,4-5,8H2. The molecule has 1 aliphatic rings. The zero-order valence-electron chi connectivity index (χ0n) is 9.27. The number of thiophene rings is 2. The molecule has 0 unspecified atom stereocenters. The summed E-state index contributed by atoms with van der Waals surface area (Å²) >= 11 is 5.32. The van der Waals surface area contributed by atoms with Gasteiger partial charge >= 0.3 is 0 Å². The van der Waals surface area contributed by atoms with Crippen LogP contribution in [0, 0.1) is 0 Å². The molecule has 1 aliphatic heterocycles. The van der Waals surface area contributed by atoms with E-state index in [1.165, 1.54) is 16.2 Å². The van der Waals surface area contributed by atoms with Gasteiger partial charge in [-0.2, -0.15) is 23.1 Å². The third-order valence-electron chi connectivity index (χ3n) is 2.85. The zero-order valence-corrected chi connectivity index (χ0v) is 11.7. The van der Waals surface area contributed by atoms with E-state index in [-0.39, 0.29) is 5.78 Å². The predicted octanol–water partition coefficient (Wildman–Crippen LogP) is 4.02. The molecule has 0 aliphatic carbocycles. The first-order chi connectivity index (χ1) is 8.33. The molecule has 0 bridgehead atoms. The van der Waals surface area contributed by atoms with E-state index in [0.29, 0.717) is 6.42 Å². The van der Waals surface area contributed by atoms with Crippen molar-refractivity contribution in [1.82, 2.24) is 0 Å². The maximum absolute atomic E-state index is 12.1. The van der Waals surface area contributed by atoms with Gasteiger partial charge < -0.3 is 0 Å². The number of rotatable bonds is 3. The molecular weight excluding hydrogens is 268 g/mol. The van der Waals surface area contributed by atoms with Gasteiger partial charge in [0.05, 0.1) is 4.88 Å². The second-order valence-electron chi connectivity index (χ2n) is 4.09. The van der Waals surface area contributed by atoms with Gasteiger partial charge in [0.25, 0.3) is 0 Å². The molecular formula is C13H12OS3. The molecule has 17 heavy (non-hydrogen) atoms. The molecule has 0 fully saturated rings. The number of carbonyl (C=O) groups excluding carboxylic acids is 1. The highest BCUT2D eigenvalue weighted by Crippen LogP contribution is 2.32. The van der Waals surface area contributed by atoms with Crippen LogP contribution in [0.5, 0.6) is 0 Å². The van der Waals surface area contributed by atoms with Gasteiger partial charge in [-0.1, -0.05) is 0 Å². The van der Waals surface area contributed by atoms with Crippen molar-refractivity contribution in [3.05, 3.63) is 43.8 Å². The summed E-state index contributed by atoms with van der Waals surface area (Å²) in [5, 5.41) is 4.08.